The first-order valence-electron chi connectivity index (χ1n) is 10.6. The molecule has 152 valence electrons. The minimum atomic E-state index is -0.128. The quantitative estimate of drug-likeness (QED) is 0.714. The van der Waals surface area contributed by atoms with Crippen molar-refractivity contribution in [1.82, 2.24) is 9.88 Å². The van der Waals surface area contributed by atoms with Crippen LogP contribution in [0.3, 0.4) is 0 Å². The average Bonchev–Trinajstić information content (AvgIpc) is 2.63. The number of rotatable bonds is 3. The number of phenols is 1. The number of pyridine rings is 1. The van der Waals surface area contributed by atoms with E-state index in [2.05, 4.69) is 70.7 Å². The monoisotopic (exact) mass is 380 g/mol. The Kier molecular flexibility index (Phi) is 5.86. The summed E-state index contributed by atoms with van der Waals surface area (Å²) in [4.78, 5) is 7.30. The van der Waals surface area contributed by atoms with Crippen LogP contribution in [0.5, 0.6) is 5.75 Å². The molecule has 1 saturated heterocycles. The smallest absolute Gasteiger partial charge is 0.123 e. The van der Waals surface area contributed by atoms with Gasteiger partial charge in [-0.3, -0.25) is 9.88 Å². The Labute approximate surface area is 170 Å². The van der Waals surface area contributed by atoms with Crippen LogP contribution in [0, 0.1) is 0 Å². The molecule has 28 heavy (non-hydrogen) atoms. The zero-order valence-electron chi connectivity index (χ0n) is 18.4. The van der Waals surface area contributed by atoms with E-state index in [0.29, 0.717) is 5.75 Å². The van der Waals surface area contributed by atoms with E-state index >= 15 is 0 Å². The first kappa shape index (κ1) is 20.9. The average molecular weight is 381 g/mol. The highest BCUT2D eigenvalue weighted by Gasteiger charge is 2.31. The van der Waals surface area contributed by atoms with Gasteiger partial charge in [-0.25, -0.2) is 0 Å². The van der Waals surface area contributed by atoms with Crippen LogP contribution in [0.2, 0.25) is 0 Å². The van der Waals surface area contributed by atoms with Crippen LogP contribution in [-0.4, -0.2) is 28.1 Å². The summed E-state index contributed by atoms with van der Waals surface area (Å²) in [5.41, 5.74) is 4.12. The number of phenolic OH excluding ortho intramolecular Hbond substituents is 1. The fourth-order valence-electron chi connectivity index (χ4n) is 4.24. The molecule has 0 bridgehead atoms. The molecule has 1 atom stereocenters. The summed E-state index contributed by atoms with van der Waals surface area (Å²) in [6.45, 7) is 15.2. The Morgan fingerprint density at radius 2 is 1.46 bits per heavy atom. The second-order valence-corrected chi connectivity index (χ2v) is 10.2. The lowest BCUT2D eigenvalue weighted by Gasteiger charge is -2.36. The van der Waals surface area contributed by atoms with Crippen LogP contribution in [0.1, 0.15) is 89.2 Å². The summed E-state index contributed by atoms with van der Waals surface area (Å²) in [5.74, 6) is 0.446. The van der Waals surface area contributed by atoms with Crippen molar-refractivity contribution in [2.24, 2.45) is 0 Å². The lowest BCUT2D eigenvalue weighted by atomic mass is 9.77. The highest BCUT2D eigenvalue weighted by atomic mass is 16.3. The van der Waals surface area contributed by atoms with Gasteiger partial charge in [0.1, 0.15) is 5.75 Å². The van der Waals surface area contributed by atoms with Crippen molar-refractivity contribution >= 4 is 0 Å². The number of aromatic hydroxyl groups is 1. The third-order valence-corrected chi connectivity index (χ3v) is 5.79. The van der Waals surface area contributed by atoms with Gasteiger partial charge in [0.15, 0.2) is 0 Å². The van der Waals surface area contributed by atoms with Crippen LogP contribution in [0.4, 0.5) is 0 Å². The highest BCUT2D eigenvalue weighted by molar-refractivity contribution is 5.51. The van der Waals surface area contributed by atoms with Crippen molar-refractivity contribution in [3.63, 3.8) is 0 Å². The highest BCUT2D eigenvalue weighted by Crippen LogP contribution is 2.42. The molecule has 1 N–H and O–H groups in total. The number of likely N-dealkylation sites (tertiary alicyclic amines) is 1. The maximum Gasteiger partial charge on any atom is 0.123 e. The number of benzene rings is 1. The van der Waals surface area contributed by atoms with Crippen molar-refractivity contribution in [3.8, 4) is 5.75 Å². The summed E-state index contributed by atoms with van der Waals surface area (Å²) in [5, 5.41) is 11.1. The maximum absolute atomic E-state index is 11.1. The van der Waals surface area contributed by atoms with Gasteiger partial charge in [0.25, 0.3) is 0 Å². The van der Waals surface area contributed by atoms with Crippen LogP contribution in [0.15, 0.2) is 36.5 Å². The number of aromatic nitrogens is 1. The Hall–Kier alpha value is -1.87. The Bertz CT molecular complexity index is 759. The second kappa shape index (κ2) is 7.87. The van der Waals surface area contributed by atoms with Crippen molar-refractivity contribution in [1.29, 1.82) is 0 Å². The van der Waals surface area contributed by atoms with Crippen LogP contribution >= 0.6 is 0 Å². The van der Waals surface area contributed by atoms with E-state index in [1.54, 1.807) is 0 Å². The summed E-state index contributed by atoms with van der Waals surface area (Å²) in [6, 6.07) is 10.8. The molecule has 2 heterocycles. The lowest BCUT2D eigenvalue weighted by molar-refractivity contribution is 0.184. The van der Waals surface area contributed by atoms with Gasteiger partial charge in [0, 0.05) is 6.20 Å². The van der Waals surface area contributed by atoms with Gasteiger partial charge in [-0.15, -0.1) is 0 Å². The van der Waals surface area contributed by atoms with Gasteiger partial charge in [-0.05, 0) is 77.7 Å². The third kappa shape index (κ3) is 4.41. The minimum absolute atomic E-state index is 0.128. The largest absolute Gasteiger partial charge is 0.507 e. The van der Waals surface area contributed by atoms with E-state index in [4.69, 9.17) is 4.98 Å². The molecule has 0 amide bonds. The summed E-state index contributed by atoms with van der Waals surface area (Å²) < 4.78 is 0. The van der Waals surface area contributed by atoms with E-state index < -0.39 is 0 Å². The maximum atomic E-state index is 11.1. The predicted molar refractivity (Wildman–Crippen MR) is 117 cm³/mol. The van der Waals surface area contributed by atoms with E-state index in [0.717, 1.165) is 29.9 Å². The number of hydrogen-bond acceptors (Lipinski definition) is 3. The minimum Gasteiger partial charge on any atom is -0.507 e. The van der Waals surface area contributed by atoms with Gasteiger partial charge in [-0.1, -0.05) is 54.0 Å². The fourth-order valence-corrected chi connectivity index (χ4v) is 4.24. The summed E-state index contributed by atoms with van der Waals surface area (Å²) in [7, 11) is 0. The normalized spacial score (nSPS) is 17.5. The summed E-state index contributed by atoms with van der Waals surface area (Å²) >= 11 is 0. The standard InChI is InChI=1S/C25H36N2O/c1-24(2,3)19-16-18(17-20(23(19)28)25(4,5)6)22(21-12-8-9-13-26-21)27-14-10-7-11-15-27/h8-9,12-13,16-17,22,28H,7,10-11,14-15H2,1-6H3/t22-/m1/s1. The molecule has 3 rings (SSSR count). The molecule has 0 unspecified atom stereocenters. The molecule has 1 aromatic carbocycles. The van der Waals surface area contributed by atoms with Crippen molar-refractivity contribution in [2.75, 3.05) is 13.1 Å². The predicted octanol–water partition coefficient (Wildman–Crippen LogP) is 5.96. The lowest BCUT2D eigenvalue weighted by Crippen LogP contribution is -2.35. The van der Waals surface area contributed by atoms with Crippen molar-refractivity contribution in [3.05, 3.63) is 58.9 Å². The molecule has 0 radical (unpaired) electrons. The van der Waals surface area contributed by atoms with Crippen LogP contribution in [-0.2, 0) is 10.8 Å². The fraction of sp³-hybridized carbons (Fsp3) is 0.560. The van der Waals surface area contributed by atoms with E-state index in [9.17, 15) is 5.11 Å². The molecule has 3 nitrogen and oxygen atoms in total. The third-order valence-electron chi connectivity index (χ3n) is 5.79. The molecular formula is C25H36N2O. The molecule has 2 aromatic rings. The van der Waals surface area contributed by atoms with Gasteiger partial charge in [0.05, 0.1) is 11.7 Å². The Balaban J connectivity index is 2.21. The zero-order valence-corrected chi connectivity index (χ0v) is 18.4. The van der Waals surface area contributed by atoms with Crippen molar-refractivity contribution < 1.29 is 5.11 Å². The van der Waals surface area contributed by atoms with E-state index in [1.165, 1.54) is 24.8 Å². The number of hydrogen-bond donors (Lipinski definition) is 1. The van der Waals surface area contributed by atoms with Crippen LogP contribution in [0.25, 0.3) is 0 Å². The van der Waals surface area contributed by atoms with Crippen molar-refractivity contribution in [2.45, 2.75) is 77.7 Å². The van der Waals surface area contributed by atoms with E-state index in [-0.39, 0.29) is 16.9 Å². The molecule has 0 spiro atoms. The molecular weight excluding hydrogens is 344 g/mol. The molecule has 3 heteroatoms. The molecule has 1 aliphatic rings. The Morgan fingerprint density at radius 1 is 0.893 bits per heavy atom. The topological polar surface area (TPSA) is 36.4 Å². The van der Waals surface area contributed by atoms with Gasteiger partial charge >= 0.3 is 0 Å². The van der Waals surface area contributed by atoms with Gasteiger partial charge < -0.3 is 5.11 Å². The molecule has 1 fully saturated rings. The zero-order chi connectivity index (χ0) is 20.5. The first-order valence-corrected chi connectivity index (χ1v) is 10.6. The number of piperidine rings is 1. The van der Waals surface area contributed by atoms with Crippen LogP contribution < -0.4 is 0 Å². The SMILES string of the molecule is CC(C)(C)c1cc([C@H](c2ccccn2)N2CCCCC2)cc(C(C)(C)C)c1O. The molecule has 0 saturated carbocycles. The molecule has 1 aromatic heterocycles. The second-order valence-electron chi connectivity index (χ2n) is 10.2. The molecule has 1 aliphatic heterocycles. The van der Waals surface area contributed by atoms with Gasteiger partial charge in [0.2, 0.25) is 0 Å². The first-order chi connectivity index (χ1) is 13.1. The molecule has 0 aliphatic carbocycles. The Morgan fingerprint density at radius 3 is 1.93 bits per heavy atom. The number of nitrogens with zero attached hydrogens (tertiary/aromatic N) is 2. The summed E-state index contributed by atoms with van der Waals surface area (Å²) in [6.07, 6.45) is 5.67. The van der Waals surface area contributed by atoms with Gasteiger partial charge in [-0.2, -0.15) is 0 Å². The van der Waals surface area contributed by atoms with E-state index in [1.807, 2.05) is 12.3 Å².